The van der Waals surface area contributed by atoms with Crippen LogP contribution < -0.4 is 0 Å². The zero-order valence-electron chi connectivity index (χ0n) is 15.8. The maximum absolute atomic E-state index is 12.6. The number of nitrogens with zero attached hydrogens (tertiary/aromatic N) is 2. The van der Waals surface area contributed by atoms with Crippen molar-refractivity contribution in [2.24, 2.45) is 11.8 Å². The molecular weight excluding hydrogens is 396 g/mol. The zero-order chi connectivity index (χ0) is 19.9. The topological polar surface area (TPSA) is 69.2 Å². The van der Waals surface area contributed by atoms with Crippen molar-refractivity contribution in [3.63, 3.8) is 0 Å². The number of hydrogen-bond acceptors (Lipinski definition) is 6. The fourth-order valence-corrected chi connectivity index (χ4v) is 4.72. The Labute approximate surface area is 173 Å². The lowest BCUT2D eigenvalue weighted by Gasteiger charge is -2.26. The number of rotatable bonds is 8. The molecule has 0 N–H and O–H groups in total. The highest BCUT2D eigenvalue weighted by molar-refractivity contribution is 7.17. The second-order valence-corrected chi connectivity index (χ2v) is 8.11. The van der Waals surface area contributed by atoms with Gasteiger partial charge in [-0.3, -0.25) is 14.6 Å². The van der Waals surface area contributed by atoms with Crippen LogP contribution in [-0.2, 0) is 9.53 Å². The van der Waals surface area contributed by atoms with Crippen molar-refractivity contribution >= 4 is 34.7 Å². The Morgan fingerprint density at radius 2 is 2.14 bits per heavy atom. The largest absolute Gasteiger partial charge is 0.466 e. The number of carbonyl (C=O) groups is 2. The van der Waals surface area contributed by atoms with Crippen LogP contribution in [0.15, 0.2) is 36.7 Å². The molecule has 7 heteroatoms. The Kier molecular flexibility index (Phi) is 7.34. The van der Waals surface area contributed by atoms with E-state index >= 15 is 0 Å². The van der Waals surface area contributed by atoms with Gasteiger partial charge in [0.25, 0.3) is 0 Å². The summed E-state index contributed by atoms with van der Waals surface area (Å²) in [6, 6.07) is 3.72. The van der Waals surface area contributed by atoms with Gasteiger partial charge < -0.3 is 4.74 Å². The number of allylic oxidation sites excluding steroid dienone is 2. The fraction of sp³-hybridized carbons (Fsp3) is 0.429. The molecule has 0 saturated carbocycles. The minimum atomic E-state index is -0.130. The molecule has 0 fully saturated rings. The lowest BCUT2D eigenvalue weighted by molar-refractivity contribution is -0.150. The van der Waals surface area contributed by atoms with Crippen LogP contribution in [0.4, 0.5) is 0 Å². The molecule has 2 heterocycles. The lowest BCUT2D eigenvalue weighted by Crippen LogP contribution is -2.27. The number of aromatic nitrogens is 2. The number of pyridine rings is 1. The Morgan fingerprint density at radius 1 is 1.32 bits per heavy atom. The van der Waals surface area contributed by atoms with Gasteiger partial charge in [0.2, 0.25) is 0 Å². The molecule has 1 aliphatic carbocycles. The van der Waals surface area contributed by atoms with E-state index in [4.69, 9.17) is 16.3 Å². The van der Waals surface area contributed by atoms with Gasteiger partial charge in [0.1, 0.15) is 9.88 Å². The minimum Gasteiger partial charge on any atom is -0.466 e. The third-order valence-electron chi connectivity index (χ3n) is 4.88. The quantitative estimate of drug-likeness (QED) is 0.328. The third kappa shape index (κ3) is 5.06. The summed E-state index contributed by atoms with van der Waals surface area (Å²) in [7, 11) is 0. The number of ether oxygens (including phenoxy) is 1. The first kappa shape index (κ1) is 20.7. The molecule has 0 bridgehead atoms. The first-order chi connectivity index (χ1) is 13.6. The average Bonchev–Trinajstić information content (AvgIpc) is 3.11. The molecule has 3 rings (SSSR count). The highest BCUT2D eigenvalue weighted by atomic mass is 35.5. The molecule has 5 nitrogen and oxygen atoms in total. The summed E-state index contributed by atoms with van der Waals surface area (Å²) in [5.74, 6) is -0.0181. The molecule has 2 atom stereocenters. The fourth-order valence-electron chi connectivity index (χ4n) is 3.45. The van der Waals surface area contributed by atoms with Gasteiger partial charge in [0.05, 0.1) is 12.5 Å². The summed E-state index contributed by atoms with van der Waals surface area (Å²) >= 11 is 7.51. The smallest absolute Gasteiger partial charge is 0.309 e. The maximum Gasteiger partial charge on any atom is 0.309 e. The van der Waals surface area contributed by atoms with Crippen molar-refractivity contribution in [3.05, 3.63) is 46.7 Å². The summed E-state index contributed by atoms with van der Waals surface area (Å²) in [6.45, 7) is 2.22. The standard InChI is InChI=1S/C21H23ClN2O3S/c1-2-27-21(26)16-10-4-3-7-14(16)8-5-11-17(25)18-19(22)24-20(28-18)15-9-6-12-23-13-15/h3-4,6,9,12-14,16H,2,5,7-8,10-11H2,1H3. The van der Waals surface area contributed by atoms with E-state index in [1.807, 2.05) is 25.1 Å². The first-order valence-corrected chi connectivity index (χ1v) is 10.7. The summed E-state index contributed by atoms with van der Waals surface area (Å²) in [6.07, 6.45) is 11.0. The molecule has 148 valence electrons. The zero-order valence-corrected chi connectivity index (χ0v) is 17.3. The van der Waals surface area contributed by atoms with Crippen molar-refractivity contribution in [3.8, 4) is 10.6 Å². The van der Waals surface area contributed by atoms with E-state index in [0.29, 0.717) is 35.8 Å². The summed E-state index contributed by atoms with van der Waals surface area (Å²) in [5, 5.41) is 0.945. The molecule has 2 aromatic heterocycles. The van der Waals surface area contributed by atoms with E-state index in [1.54, 1.807) is 12.4 Å². The first-order valence-electron chi connectivity index (χ1n) is 9.51. The van der Waals surface area contributed by atoms with Gasteiger partial charge in [-0.1, -0.05) is 23.8 Å². The molecule has 0 spiro atoms. The predicted molar refractivity (Wildman–Crippen MR) is 111 cm³/mol. The molecule has 2 unspecified atom stereocenters. The Hall–Kier alpha value is -2.05. The molecule has 0 radical (unpaired) electrons. The van der Waals surface area contributed by atoms with Gasteiger partial charge in [-0.15, -0.1) is 11.3 Å². The normalized spacial score (nSPS) is 18.8. The van der Waals surface area contributed by atoms with E-state index in [9.17, 15) is 9.59 Å². The van der Waals surface area contributed by atoms with Gasteiger partial charge in [-0.05, 0) is 50.7 Å². The third-order valence-corrected chi connectivity index (χ3v) is 6.41. The van der Waals surface area contributed by atoms with Crippen LogP contribution >= 0.6 is 22.9 Å². The highest BCUT2D eigenvalue weighted by Crippen LogP contribution is 2.33. The molecular formula is C21H23ClN2O3S. The van der Waals surface area contributed by atoms with Crippen molar-refractivity contribution < 1.29 is 14.3 Å². The van der Waals surface area contributed by atoms with E-state index in [-0.39, 0.29) is 28.7 Å². The van der Waals surface area contributed by atoms with Gasteiger partial charge in [0.15, 0.2) is 10.9 Å². The van der Waals surface area contributed by atoms with E-state index < -0.39 is 0 Å². The maximum atomic E-state index is 12.6. The highest BCUT2D eigenvalue weighted by Gasteiger charge is 2.30. The van der Waals surface area contributed by atoms with Crippen LogP contribution in [0.1, 0.15) is 48.7 Å². The van der Waals surface area contributed by atoms with Crippen LogP contribution in [0.3, 0.4) is 0 Å². The molecule has 28 heavy (non-hydrogen) atoms. The number of Topliss-reactive ketones (excluding diaryl/α,β-unsaturated/α-hetero) is 1. The Morgan fingerprint density at radius 3 is 2.89 bits per heavy atom. The monoisotopic (exact) mass is 418 g/mol. The number of ketones is 1. The van der Waals surface area contributed by atoms with Crippen LogP contribution in [-0.4, -0.2) is 28.3 Å². The van der Waals surface area contributed by atoms with Crippen molar-refractivity contribution in [2.75, 3.05) is 6.61 Å². The van der Waals surface area contributed by atoms with Crippen LogP contribution in [0, 0.1) is 11.8 Å². The Balaban J connectivity index is 1.58. The predicted octanol–water partition coefficient (Wildman–Crippen LogP) is 5.36. The van der Waals surface area contributed by atoms with Crippen LogP contribution in [0.5, 0.6) is 0 Å². The molecule has 0 saturated heterocycles. The molecule has 2 aromatic rings. The van der Waals surface area contributed by atoms with E-state index in [0.717, 1.165) is 18.4 Å². The van der Waals surface area contributed by atoms with Gasteiger partial charge in [0, 0.05) is 24.4 Å². The SMILES string of the molecule is CCOC(=O)C1CC=CCC1CCCC(=O)c1sc(-c2cccnc2)nc1Cl. The van der Waals surface area contributed by atoms with Crippen molar-refractivity contribution in [1.29, 1.82) is 0 Å². The number of esters is 1. The summed E-state index contributed by atoms with van der Waals surface area (Å²) in [5.41, 5.74) is 0.847. The van der Waals surface area contributed by atoms with Crippen molar-refractivity contribution in [2.45, 2.75) is 39.0 Å². The van der Waals surface area contributed by atoms with Gasteiger partial charge in [-0.2, -0.15) is 0 Å². The van der Waals surface area contributed by atoms with Gasteiger partial charge in [-0.25, -0.2) is 4.98 Å². The second kappa shape index (κ2) is 9.94. The average molecular weight is 419 g/mol. The lowest BCUT2D eigenvalue weighted by atomic mass is 9.80. The van der Waals surface area contributed by atoms with Gasteiger partial charge >= 0.3 is 5.97 Å². The van der Waals surface area contributed by atoms with Crippen molar-refractivity contribution in [1.82, 2.24) is 9.97 Å². The summed E-state index contributed by atoms with van der Waals surface area (Å²) < 4.78 is 5.20. The number of hydrogen-bond donors (Lipinski definition) is 0. The number of carbonyl (C=O) groups excluding carboxylic acids is 2. The second-order valence-electron chi connectivity index (χ2n) is 6.76. The van der Waals surface area contributed by atoms with Crippen LogP contribution in [0.2, 0.25) is 5.15 Å². The van der Waals surface area contributed by atoms with Crippen LogP contribution in [0.25, 0.3) is 10.6 Å². The molecule has 1 aliphatic rings. The van der Waals surface area contributed by atoms with E-state index in [1.165, 1.54) is 11.3 Å². The molecule has 0 aliphatic heterocycles. The summed E-state index contributed by atoms with van der Waals surface area (Å²) in [4.78, 5) is 33.7. The molecule has 0 amide bonds. The minimum absolute atomic E-state index is 0.00308. The number of halogens is 1. The van der Waals surface area contributed by atoms with E-state index in [2.05, 4.69) is 16.0 Å². The number of thiazole rings is 1. The Bertz CT molecular complexity index is 851. The molecule has 0 aromatic carbocycles.